The number of aryl methyl sites for hydroxylation is 1. The van der Waals surface area contributed by atoms with E-state index in [-0.39, 0.29) is 17.0 Å². The van der Waals surface area contributed by atoms with Gasteiger partial charge in [0.15, 0.2) is 5.69 Å². The van der Waals surface area contributed by atoms with Gasteiger partial charge in [0.05, 0.1) is 5.01 Å². The van der Waals surface area contributed by atoms with Crippen LogP contribution in [0.5, 0.6) is 0 Å². The number of benzene rings is 1. The molecular formula is C16H13Cl2F3N2OS. The summed E-state index contributed by atoms with van der Waals surface area (Å²) < 4.78 is 39.1. The molecule has 2 aromatic rings. The largest absolute Gasteiger partial charge is 0.435 e. The molecule has 1 saturated carbocycles. The van der Waals surface area contributed by atoms with Crippen molar-refractivity contribution in [1.82, 2.24) is 10.3 Å². The Balaban J connectivity index is 1.81. The highest BCUT2D eigenvalue weighted by Crippen LogP contribution is 2.44. The van der Waals surface area contributed by atoms with Crippen LogP contribution in [0.1, 0.15) is 44.7 Å². The van der Waals surface area contributed by atoms with E-state index in [1.807, 2.05) is 0 Å². The van der Waals surface area contributed by atoms with E-state index in [4.69, 9.17) is 23.2 Å². The van der Waals surface area contributed by atoms with E-state index >= 15 is 0 Å². The minimum Gasteiger partial charge on any atom is -0.348 e. The number of aromatic nitrogens is 1. The highest BCUT2D eigenvalue weighted by Gasteiger charge is 2.41. The maximum Gasteiger partial charge on any atom is 0.435 e. The molecule has 1 N–H and O–H groups in total. The van der Waals surface area contributed by atoms with E-state index in [1.165, 1.54) is 6.92 Å². The van der Waals surface area contributed by atoms with Crippen LogP contribution in [0, 0.1) is 6.92 Å². The molecule has 0 spiro atoms. The molecule has 1 aliphatic rings. The third kappa shape index (κ3) is 3.64. The normalized spacial score (nSPS) is 20.2. The van der Waals surface area contributed by atoms with Crippen molar-refractivity contribution in [1.29, 1.82) is 0 Å². The Kier molecular flexibility index (Phi) is 5.01. The Labute approximate surface area is 156 Å². The number of hydrogen-bond donors (Lipinski definition) is 1. The average Bonchev–Trinajstić information content (AvgIpc) is 2.89. The lowest BCUT2D eigenvalue weighted by Gasteiger charge is -2.38. The van der Waals surface area contributed by atoms with Gasteiger partial charge < -0.3 is 5.32 Å². The smallest absolute Gasteiger partial charge is 0.348 e. The number of amides is 1. The van der Waals surface area contributed by atoms with Crippen LogP contribution >= 0.6 is 34.5 Å². The van der Waals surface area contributed by atoms with Crippen LogP contribution < -0.4 is 5.32 Å². The van der Waals surface area contributed by atoms with Crippen molar-refractivity contribution >= 4 is 40.4 Å². The fourth-order valence-electron chi connectivity index (χ4n) is 2.89. The first-order chi connectivity index (χ1) is 11.7. The Morgan fingerprint density at radius 3 is 2.44 bits per heavy atom. The first-order valence-corrected chi connectivity index (χ1v) is 9.05. The van der Waals surface area contributed by atoms with E-state index < -0.39 is 22.7 Å². The Hall–Kier alpha value is -1.31. The van der Waals surface area contributed by atoms with Gasteiger partial charge in [-0.1, -0.05) is 29.3 Å². The van der Waals surface area contributed by atoms with Crippen LogP contribution in [0.3, 0.4) is 0 Å². The molecular weight excluding hydrogens is 396 g/mol. The van der Waals surface area contributed by atoms with Crippen LogP contribution in [0.4, 0.5) is 13.2 Å². The van der Waals surface area contributed by atoms with Crippen molar-refractivity contribution < 1.29 is 18.0 Å². The van der Waals surface area contributed by atoms with Crippen LogP contribution in [0.2, 0.25) is 10.0 Å². The van der Waals surface area contributed by atoms with Crippen LogP contribution in [0.15, 0.2) is 18.2 Å². The number of nitrogens with zero attached hydrogens (tertiary/aromatic N) is 1. The van der Waals surface area contributed by atoms with Gasteiger partial charge in [0.1, 0.15) is 4.88 Å². The molecule has 1 aromatic heterocycles. The molecule has 2 unspecified atom stereocenters. The number of rotatable bonds is 3. The lowest BCUT2D eigenvalue weighted by atomic mass is 9.75. The third-order valence-electron chi connectivity index (χ3n) is 4.17. The first kappa shape index (κ1) is 18.5. The third-order valence-corrected chi connectivity index (χ3v) is 5.80. The van der Waals surface area contributed by atoms with Crippen LogP contribution in [-0.4, -0.2) is 16.9 Å². The summed E-state index contributed by atoms with van der Waals surface area (Å²) in [7, 11) is 0. The molecule has 1 heterocycles. The number of nitrogens with one attached hydrogen (secondary N) is 1. The number of alkyl halides is 3. The van der Waals surface area contributed by atoms with Gasteiger partial charge in [-0.15, -0.1) is 11.3 Å². The summed E-state index contributed by atoms with van der Waals surface area (Å²) in [4.78, 5) is 15.4. The average molecular weight is 409 g/mol. The molecule has 0 radical (unpaired) electrons. The van der Waals surface area contributed by atoms with Crippen molar-refractivity contribution in [2.75, 3.05) is 0 Å². The molecule has 134 valence electrons. The van der Waals surface area contributed by atoms with Gasteiger partial charge in [0.2, 0.25) is 0 Å². The van der Waals surface area contributed by atoms with Gasteiger partial charge in [-0.3, -0.25) is 4.79 Å². The lowest BCUT2D eigenvalue weighted by Crippen LogP contribution is -2.45. The predicted molar refractivity (Wildman–Crippen MR) is 91.5 cm³/mol. The lowest BCUT2D eigenvalue weighted by molar-refractivity contribution is -0.141. The molecule has 2 atom stereocenters. The van der Waals surface area contributed by atoms with Crippen molar-refractivity contribution in [2.45, 2.75) is 37.9 Å². The van der Waals surface area contributed by atoms with Gasteiger partial charge in [-0.05, 0) is 37.5 Å². The van der Waals surface area contributed by atoms with Gasteiger partial charge in [-0.2, -0.15) is 13.2 Å². The molecule has 0 saturated heterocycles. The van der Waals surface area contributed by atoms with Crippen molar-refractivity contribution in [2.24, 2.45) is 0 Å². The molecule has 0 bridgehead atoms. The SMILES string of the molecule is Cc1nc(C(F)(F)F)c(C(=O)NC2CCC2c2c(Cl)cccc2Cl)s1. The minimum atomic E-state index is -4.66. The molecule has 1 fully saturated rings. The van der Waals surface area contributed by atoms with Crippen LogP contribution in [-0.2, 0) is 6.18 Å². The number of thiazole rings is 1. The summed E-state index contributed by atoms with van der Waals surface area (Å²) in [5.74, 6) is -0.885. The van der Waals surface area contributed by atoms with Gasteiger partial charge >= 0.3 is 6.18 Å². The standard InChI is InChI=1S/C16H13Cl2F3N2OS/c1-7-22-14(16(19,20)21)13(25-7)15(24)23-11-6-5-8(11)12-9(17)3-2-4-10(12)18/h2-4,8,11H,5-6H2,1H3,(H,23,24). The minimum absolute atomic E-state index is 0.117. The first-order valence-electron chi connectivity index (χ1n) is 7.48. The summed E-state index contributed by atoms with van der Waals surface area (Å²) in [6.07, 6.45) is -3.26. The van der Waals surface area contributed by atoms with E-state index in [0.29, 0.717) is 16.5 Å². The molecule has 0 aliphatic heterocycles. The summed E-state index contributed by atoms with van der Waals surface area (Å²) in [5, 5.41) is 3.84. The predicted octanol–water partition coefficient (Wildman–Crippen LogP) is 5.45. The monoisotopic (exact) mass is 408 g/mol. The number of carbonyl (C=O) groups excluding carboxylic acids is 1. The molecule has 1 amide bonds. The van der Waals surface area contributed by atoms with Gasteiger partial charge in [0.25, 0.3) is 5.91 Å². The summed E-state index contributed by atoms with van der Waals surface area (Å²) >= 11 is 13.1. The Bertz CT molecular complexity index is 802. The highest BCUT2D eigenvalue weighted by atomic mass is 35.5. The van der Waals surface area contributed by atoms with Crippen molar-refractivity contribution in [3.63, 3.8) is 0 Å². The van der Waals surface area contributed by atoms with Crippen LogP contribution in [0.25, 0.3) is 0 Å². The number of carbonyl (C=O) groups is 1. The topological polar surface area (TPSA) is 42.0 Å². The zero-order valence-corrected chi connectivity index (χ0v) is 15.3. The van der Waals surface area contributed by atoms with Gasteiger partial charge in [0, 0.05) is 22.0 Å². The summed E-state index contributed by atoms with van der Waals surface area (Å²) in [5.41, 5.74) is -0.418. The highest BCUT2D eigenvalue weighted by molar-refractivity contribution is 7.13. The molecule has 3 nitrogen and oxygen atoms in total. The molecule has 3 rings (SSSR count). The van der Waals surface area contributed by atoms with E-state index in [1.54, 1.807) is 18.2 Å². The van der Waals surface area contributed by atoms with E-state index in [0.717, 1.165) is 23.3 Å². The summed E-state index contributed by atoms with van der Waals surface area (Å²) in [6.45, 7) is 1.44. The Morgan fingerprint density at radius 2 is 1.92 bits per heavy atom. The Morgan fingerprint density at radius 1 is 1.28 bits per heavy atom. The summed E-state index contributed by atoms with van der Waals surface area (Å²) in [6, 6.07) is 4.81. The fourth-order valence-corrected chi connectivity index (χ4v) is 4.41. The number of halogens is 5. The zero-order valence-electron chi connectivity index (χ0n) is 13.0. The molecule has 1 aromatic carbocycles. The fraction of sp³-hybridized carbons (Fsp3) is 0.375. The second-order valence-electron chi connectivity index (χ2n) is 5.81. The van der Waals surface area contributed by atoms with Gasteiger partial charge in [-0.25, -0.2) is 4.98 Å². The second-order valence-corrected chi connectivity index (χ2v) is 7.83. The molecule has 25 heavy (non-hydrogen) atoms. The molecule has 1 aliphatic carbocycles. The van der Waals surface area contributed by atoms with Crippen molar-refractivity contribution in [3.8, 4) is 0 Å². The zero-order chi connectivity index (χ0) is 18.4. The second kappa shape index (κ2) is 6.78. The maximum atomic E-state index is 13.0. The number of hydrogen-bond acceptors (Lipinski definition) is 3. The maximum absolute atomic E-state index is 13.0. The van der Waals surface area contributed by atoms with Crippen molar-refractivity contribution in [3.05, 3.63) is 49.4 Å². The molecule has 9 heteroatoms. The van der Waals surface area contributed by atoms with E-state index in [2.05, 4.69) is 10.3 Å². The van der Waals surface area contributed by atoms with E-state index in [9.17, 15) is 18.0 Å². The quantitative estimate of drug-likeness (QED) is 0.732.